The van der Waals surface area contributed by atoms with Crippen LogP contribution < -0.4 is 9.88 Å². The number of rotatable bonds is 2. The minimum atomic E-state index is 0.767. The van der Waals surface area contributed by atoms with Crippen LogP contribution in [0.15, 0.2) is 42.0 Å². The molecule has 0 amide bonds. The molecule has 1 aliphatic carbocycles. The van der Waals surface area contributed by atoms with E-state index >= 15 is 0 Å². The summed E-state index contributed by atoms with van der Waals surface area (Å²) in [4.78, 5) is 0. The Kier molecular flexibility index (Phi) is 3.98. The highest BCUT2D eigenvalue weighted by Crippen LogP contribution is 2.29. The molecule has 1 heterocycles. The molecule has 0 N–H and O–H groups in total. The Bertz CT molecular complexity index is 911. The summed E-state index contributed by atoms with van der Waals surface area (Å²) in [6.07, 6.45) is 7.43. The van der Waals surface area contributed by atoms with E-state index in [1.807, 2.05) is 23.7 Å². The average Bonchev–Trinajstić information content (AvgIpc) is 3.02. The lowest BCUT2D eigenvalue weighted by atomic mass is 10.0. The maximum absolute atomic E-state index is 5.93. The van der Waals surface area contributed by atoms with Crippen molar-refractivity contribution < 1.29 is 0 Å². The van der Waals surface area contributed by atoms with Crippen LogP contribution in [0.3, 0.4) is 0 Å². The first-order valence-electron chi connectivity index (χ1n) is 6.57. The summed E-state index contributed by atoms with van der Waals surface area (Å²) in [5.74, 6) is 0. The summed E-state index contributed by atoms with van der Waals surface area (Å²) in [5.41, 5.74) is 3.80. The average molecular weight is 332 g/mol. The highest BCUT2D eigenvalue weighted by atomic mass is 35.5. The first-order chi connectivity index (χ1) is 10.0. The number of hydrogen-bond donors (Lipinski definition) is 0. The van der Waals surface area contributed by atoms with E-state index in [0.717, 1.165) is 25.3 Å². The number of nitrogens with zero attached hydrogens (tertiary/aromatic N) is 1. The van der Waals surface area contributed by atoms with Gasteiger partial charge in [0.2, 0.25) is 0 Å². The second kappa shape index (κ2) is 5.76. The van der Waals surface area contributed by atoms with E-state index in [4.69, 9.17) is 23.8 Å². The van der Waals surface area contributed by atoms with Crippen LogP contribution in [0.25, 0.3) is 18.2 Å². The summed E-state index contributed by atoms with van der Waals surface area (Å²) in [6.45, 7) is 4.09. The minimum absolute atomic E-state index is 0.767. The molecule has 0 unspecified atom stereocenters. The maximum Gasteiger partial charge on any atom is 0.161 e. The highest BCUT2D eigenvalue weighted by Gasteiger charge is 2.09. The Morgan fingerprint density at radius 1 is 1.29 bits per heavy atom. The molecule has 2 aromatic rings. The van der Waals surface area contributed by atoms with Gasteiger partial charge in [0.1, 0.15) is 0 Å². The molecule has 106 valence electrons. The van der Waals surface area contributed by atoms with Gasteiger partial charge in [0.25, 0.3) is 0 Å². The van der Waals surface area contributed by atoms with Crippen molar-refractivity contribution in [1.82, 2.24) is 4.57 Å². The zero-order valence-corrected chi connectivity index (χ0v) is 14.0. The zero-order valence-electron chi connectivity index (χ0n) is 11.6. The van der Waals surface area contributed by atoms with Gasteiger partial charge in [-0.15, -0.1) is 11.3 Å². The molecule has 1 aromatic carbocycles. The van der Waals surface area contributed by atoms with Crippen LogP contribution in [0.1, 0.15) is 12.0 Å². The molecule has 0 spiro atoms. The predicted octanol–water partition coefficient (Wildman–Crippen LogP) is 4.07. The number of benzene rings is 1. The van der Waals surface area contributed by atoms with Gasteiger partial charge in [-0.2, -0.15) is 0 Å². The van der Waals surface area contributed by atoms with E-state index in [2.05, 4.69) is 36.9 Å². The Morgan fingerprint density at radius 2 is 2.00 bits per heavy atom. The number of thiazole rings is 1. The number of aromatic nitrogens is 1. The lowest BCUT2D eigenvalue weighted by Crippen LogP contribution is -2.24. The van der Waals surface area contributed by atoms with E-state index in [1.165, 1.54) is 16.7 Å². The zero-order chi connectivity index (χ0) is 15.0. The Balaban J connectivity index is 1.86. The molecule has 0 saturated heterocycles. The minimum Gasteiger partial charge on any atom is -0.327 e. The molecule has 21 heavy (non-hydrogen) atoms. The van der Waals surface area contributed by atoms with Crippen molar-refractivity contribution in [1.29, 1.82) is 0 Å². The van der Waals surface area contributed by atoms with Gasteiger partial charge in [-0.1, -0.05) is 42.5 Å². The van der Waals surface area contributed by atoms with Gasteiger partial charge in [0, 0.05) is 12.1 Å². The molecule has 1 aliphatic rings. The molecule has 1 nitrogen and oxygen atoms in total. The third-order valence-corrected chi connectivity index (χ3v) is 5.38. The van der Waals surface area contributed by atoms with Crippen LogP contribution in [-0.4, -0.2) is 4.57 Å². The molecule has 0 radical (unpaired) electrons. The van der Waals surface area contributed by atoms with Crippen LogP contribution in [0.4, 0.5) is 0 Å². The third kappa shape index (κ3) is 2.95. The molecule has 0 fully saturated rings. The van der Waals surface area contributed by atoms with Crippen molar-refractivity contribution in [2.24, 2.45) is 7.05 Å². The van der Waals surface area contributed by atoms with Gasteiger partial charge in [0.15, 0.2) is 3.95 Å². The third-order valence-electron chi connectivity index (χ3n) is 3.59. The Hall–Kier alpha value is -1.42. The van der Waals surface area contributed by atoms with Gasteiger partial charge < -0.3 is 4.57 Å². The smallest absolute Gasteiger partial charge is 0.161 e. The lowest BCUT2D eigenvalue weighted by Gasteiger charge is -2.03. The van der Waals surface area contributed by atoms with Crippen molar-refractivity contribution in [2.45, 2.75) is 6.42 Å². The van der Waals surface area contributed by atoms with E-state index in [1.54, 1.807) is 11.3 Å². The molecule has 3 rings (SSSR count). The van der Waals surface area contributed by atoms with Crippen LogP contribution in [0, 0.1) is 3.95 Å². The summed E-state index contributed by atoms with van der Waals surface area (Å²) < 4.78 is 3.95. The van der Waals surface area contributed by atoms with Crippen LogP contribution in [-0.2, 0) is 7.05 Å². The quantitative estimate of drug-likeness (QED) is 0.751. The molecule has 0 bridgehead atoms. The van der Waals surface area contributed by atoms with Crippen molar-refractivity contribution in [3.63, 3.8) is 0 Å². The highest BCUT2D eigenvalue weighted by molar-refractivity contribution is 7.73. The summed E-state index contributed by atoms with van der Waals surface area (Å²) >= 11 is 12.8. The molecular formula is C17H14ClNS2. The second-order valence-corrected chi connectivity index (χ2v) is 7.11. The first kappa shape index (κ1) is 14.5. The van der Waals surface area contributed by atoms with Crippen LogP contribution >= 0.6 is 35.2 Å². The van der Waals surface area contributed by atoms with E-state index in [-0.39, 0.29) is 0 Å². The van der Waals surface area contributed by atoms with E-state index in [0.29, 0.717) is 0 Å². The SMILES string of the molecule is C=c1/c(=C\C2=CC=C(c3ccc(Cl)cc3)C2)sc(=S)n1C. The summed E-state index contributed by atoms with van der Waals surface area (Å²) in [5, 5.41) is 1.74. The van der Waals surface area contributed by atoms with Gasteiger partial charge in [0.05, 0.1) is 9.88 Å². The predicted molar refractivity (Wildman–Crippen MR) is 95.5 cm³/mol. The molecule has 0 atom stereocenters. The van der Waals surface area contributed by atoms with Gasteiger partial charge in [-0.3, -0.25) is 0 Å². The number of halogens is 1. The lowest BCUT2D eigenvalue weighted by molar-refractivity contribution is 0.881. The van der Waals surface area contributed by atoms with Crippen LogP contribution in [0.5, 0.6) is 0 Å². The van der Waals surface area contributed by atoms with E-state index in [9.17, 15) is 0 Å². The normalized spacial score (nSPS) is 15.2. The van der Waals surface area contributed by atoms with Gasteiger partial charge in [-0.05, 0) is 53.6 Å². The standard InChI is InChI=1S/C17H14ClNS2/c1-11-16(21-17(20)19(11)2)10-12-3-4-14(9-12)13-5-7-15(18)8-6-13/h3-8,10H,1,9H2,2H3/b16-10+. The van der Waals surface area contributed by atoms with Gasteiger partial charge >= 0.3 is 0 Å². The summed E-state index contributed by atoms with van der Waals surface area (Å²) in [7, 11) is 1.96. The maximum atomic E-state index is 5.93. The number of hydrogen-bond acceptors (Lipinski definition) is 2. The first-order valence-corrected chi connectivity index (χ1v) is 8.17. The summed E-state index contributed by atoms with van der Waals surface area (Å²) in [6, 6.07) is 7.97. The molecular weight excluding hydrogens is 318 g/mol. The van der Waals surface area contributed by atoms with Crippen molar-refractivity contribution in [3.05, 3.63) is 66.4 Å². The Morgan fingerprint density at radius 3 is 2.62 bits per heavy atom. The molecule has 0 aliphatic heterocycles. The van der Waals surface area contributed by atoms with Crippen molar-refractivity contribution >= 4 is 53.4 Å². The molecule has 1 aromatic heterocycles. The topological polar surface area (TPSA) is 4.93 Å². The fourth-order valence-corrected chi connectivity index (χ4v) is 3.69. The van der Waals surface area contributed by atoms with E-state index < -0.39 is 0 Å². The second-order valence-electron chi connectivity index (χ2n) is 5.00. The molecule has 0 saturated carbocycles. The molecule has 4 heteroatoms. The Labute approximate surface area is 137 Å². The monoisotopic (exact) mass is 331 g/mol. The van der Waals surface area contributed by atoms with Gasteiger partial charge in [-0.25, -0.2) is 0 Å². The fraction of sp³-hybridized carbons (Fsp3) is 0.118. The fourth-order valence-electron chi connectivity index (χ4n) is 2.28. The van der Waals surface area contributed by atoms with Crippen LogP contribution in [0.2, 0.25) is 5.02 Å². The van der Waals surface area contributed by atoms with Crippen molar-refractivity contribution in [3.8, 4) is 0 Å². The number of allylic oxidation sites excluding steroid dienone is 4. The van der Waals surface area contributed by atoms with Crippen molar-refractivity contribution in [2.75, 3.05) is 0 Å². The largest absolute Gasteiger partial charge is 0.327 e.